The van der Waals surface area contributed by atoms with Gasteiger partial charge in [0.25, 0.3) is 0 Å². The zero-order valence-electron chi connectivity index (χ0n) is 12.1. The van der Waals surface area contributed by atoms with E-state index in [9.17, 15) is 5.11 Å². The predicted octanol–water partition coefficient (Wildman–Crippen LogP) is 3.17. The van der Waals surface area contributed by atoms with Crippen LogP contribution in [0.15, 0.2) is 30.3 Å². The quantitative estimate of drug-likeness (QED) is 0.778. The summed E-state index contributed by atoms with van der Waals surface area (Å²) in [4.78, 5) is 0. The van der Waals surface area contributed by atoms with E-state index in [1.807, 2.05) is 30.3 Å². The maximum Gasteiger partial charge on any atom is 0.102 e. The van der Waals surface area contributed by atoms with Gasteiger partial charge in [0.15, 0.2) is 0 Å². The van der Waals surface area contributed by atoms with Gasteiger partial charge in [0.1, 0.15) is 5.60 Å². The molecule has 1 atom stereocenters. The maximum atomic E-state index is 10.9. The van der Waals surface area contributed by atoms with E-state index in [1.165, 1.54) is 0 Å². The lowest BCUT2D eigenvalue weighted by atomic mass is 9.85. The lowest BCUT2D eigenvalue weighted by molar-refractivity contribution is 0.0153. The standard InChI is InChI=1S/C16H27NO/c1-13(2)10-16(18,12-17-11-14(3)4)15-8-6-5-7-9-15/h5-9,13-14,17-18H,10-12H2,1-4H3. The van der Waals surface area contributed by atoms with Crippen molar-refractivity contribution in [3.8, 4) is 0 Å². The Labute approximate surface area is 111 Å². The Bertz CT molecular complexity index is 334. The topological polar surface area (TPSA) is 32.3 Å². The van der Waals surface area contributed by atoms with Crippen molar-refractivity contribution in [2.45, 2.75) is 39.7 Å². The second kappa shape index (κ2) is 6.91. The van der Waals surface area contributed by atoms with Gasteiger partial charge in [0.05, 0.1) is 0 Å². The van der Waals surface area contributed by atoms with Gasteiger partial charge in [-0.25, -0.2) is 0 Å². The molecule has 2 nitrogen and oxygen atoms in total. The normalized spacial score (nSPS) is 15.1. The molecule has 0 fully saturated rings. The summed E-state index contributed by atoms with van der Waals surface area (Å²) in [7, 11) is 0. The Balaban J connectivity index is 2.75. The number of nitrogens with one attached hydrogen (secondary N) is 1. The van der Waals surface area contributed by atoms with Crippen LogP contribution in [0.4, 0.5) is 0 Å². The number of rotatable bonds is 7. The zero-order valence-corrected chi connectivity index (χ0v) is 12.1. The second-order valence-corrected chi connectivity index (χ2v) is 6.02. The van der Waals surface area contributed by atoms with Crippen LogP contribution < -0.4 is 5.32 Å². The number of aliphatic hydroxyl groups is 1. The van der Waals surface area contributed by atoms with E-state index in [2.05, 4.69) is 33.0 Å². The first kappa shape index (κ1) is 15.2. The lowest BCUT2D eigenvalue weighted by Crippen LogP contribution is -2.40. The molecule has 1 unspecified atom stereocenters. The molecular formula is C16H27NO. The second-order valence-electron chi connectivity index (χ2n) is 6.02. The summed E-state index contributed by atoms with van der Waals surface area (Å²) in [6.45, 7) is 10.2. The largest absolute Gasteiger partial charge is 0.384 e. The van der Waals surface area contributed by atoms with Crippen molar-refractivity contribution in [2.75, 3.05) is 13.1 Å². The molecule has 0 amide bonds. The lowest BCUT2D eigenvalue weighted by Gasteiger charge is -2.31. The minimum absolute atomic E-state index is 0.469. The smallest absolute Gasteiger partial charge is 0.102 e. The third-order valence-electron chi connectivity index (χ3n) is 3.03. The summed E-state index contributed by atoms with van der Waals surface area (Å²) >= 11 is 0. The van der Waals surface area contributed by atoms with Crippen LogP contribution in [0.3, 0.4) is 0 Å². The van der Waals surface area contributed by atoms with Gasteiger partial charge in [-0.2, -0.15) is 0 Å². The van der Waals surface area contributed by atoms with E-state index in [0.29, 0.717) is 18.4 Å². The van der Waals surface area contributed by atoms with Crippen molar-refractivity contribution in [3.05, 3.63) is 35.9 Å². The van der Waals surface area contributed by atoms with Gasteiger partial charge in [-0.1, -0.05) is 58.0 Å². The molecule has 102 valence electrons. The molecule has 1 aromatic carbocycles. The van der Waals surface area contributed by atoms with E-state index in [0.717, 1.165) is 18.5 Å². The molecule has 1 aromatic rings. The predicted molar refractivity (Wildman–Crippen MR) is 77.5 cm³/mol. The van der Waals surface area contributed by atoms with Crippen LogP contribution >= 0.6 is 0 Å². The molecule has 0 aliphatic carbocycles. The fourth-order valence-electron chi connectivity index (χ4n) is 2.28. The molecule has 1 rings (SSSR count). The van der Waals surface area contributed by atoms with Crippen LogP contribution in [0.2, 0.25) is 0 Å². The average molecular weight is 249 g/mol. The summed E-state index contributed by atoms with van der Waals surface area (Å²) in [5.74, 6) is 1.07. The fourth-order valence-corrected chi connectivity index (χ4v) is 2.28. The van der Waals surface area contributed by atoms with Gasteiger partial charge in [0, 0.05) is 6.54 Å². The average Bonchev–Trinajstić information content (AvgIpc) is 2.28. The highest BCUT2D eigenvalue weighted by molar-refractivity contribution is 5.22. The van der Waals surface area contributed by atoms with Crippen LogP contribution in [-0.4, -0.2) is 18.2 Å². The van der Waals surface area contributed by atoms with Crippen LogP contribution in [-0.2, 0) is 5.60 Å². The van der Waals surface area contributed by atoms with Gasteiger partial charge in [0.2, 0.25) is 0 Å². The first-order valence-electron chi connectivity index (χ1n) is 6.92. The van der Waals surface area contributed by atoms with E-state index < -0.39 is 5.60 Å². The summed E-state index contributed by atoms with van der Waals surface area (Å²) in [5, 5.41) is 14.3. The first-order chi connectivity index (χ1) is 8.44. The minimum atomic E-state index is -0.760. The molecule has 0 saturated carbocycles. The zero-order chi connectivity index (χ0) is 13.6. The minimum Gasteiger partial charge on any atom is -0.384 e. The Kier molecular flexibility index (Phi) is 5.83. The van der Waals surface area contributed by atoms with Gasteiger partial charge in [-0.05, 0) is 30.4 Å². The van der Waals surface area contributed by atoms with Crippen LogP contribution in [0.25, 0.3) is 0 Å². The molecule has 0 saturated heterocycles. The maximum absolute atomic E-state index is 10.9. The number of hydrogen-bond acceptors (Lipinski definition) is 2. The van der Waals surface area contributed by atoms with Crippen molar-refractivity contribution in [3.63, 3.8) is 0 Å². The SMILES string of the molecule is CC(C)CNCC(O)(CC(C)C)c1ccccc1. The molecule has 2 heteroatoms. The Hall–Kier alpha value is -0.860. The highest BCUT2D eigenvalue weighted by Crippen LogP contribution is 2.28. The summed E-state index contributed by atoms with van der Waals surface area (Å²) < 4.78 is 0. The van der Waals surface area contributed by atoms with Crippen LogP contribution in [0, 0.1) is 11.8 Å². The molecule has 0 radical (unpaired) electrons. The molecule has 0 aliphatic heterocycles. The highest BCUT2D eigenvalue weighted by atomic mass is 16.3. The monoisotopic (exact) mass is 249 g/mol. The van der Waals surface area contributed by atoms with E-state index in [4.69, 9.17) is 0 Å². The van der Waals surface area contributed by atoms with E-state index in [1.54, 1.807) is 0 Å². The molecule has 0 heterocycles. The van der Waals surface area contributed by atoms with Gasteiger partial charge in [-0.3, -0.25) is 0 Å². The van der Waals surface area contributed by atoms with E-state index in [-0.39, 0.29) is 0 Å². The molecule has 0 spiro atoms. The summed E-state index contributed by atoms with van der Waals surface area (Å²) in [6.07, 6.45) is 0.780. The summed E-state index contributed by atoms with van der Waals surface area (Å²) in [6, 6.07) is 9.99. The number of hydrogen-bond donors (Lipinski definition) is 2. The van der Waals surface area contributed by atoms with Crippen molar-refractivity contribution < 1.29 is 5.11 Å². The van der Waals surface area contributed by atoms with Crippen molar-refractivity contribution in [1.82, 2.24) is 5.32 Å². The molecule has 18 heavy (non-hydrogen) atoms. The summed E-state index contributed by atoms with van der Waals surface area (Å²) in [5.41, 5.74) is 0.250. The van der Waals surface area contributed by atoms with Crippen molar-refractivity contribution in [1.29, 1.82) is 0 Å². The van der Waals surface area contributed by atoms with E-state index >= 15 is 0 Å². The molecule has 0 bridgehead atoms. The van der Waals surface area contributed by atoms with Gasteiger partial charge >= 0.3 is 0 Å². The first-order valence-corrected chi connectivity index (χ1v) is 6.92. The van der Waals surface area contributed by atoms with Crippen molar-refractivity contribution >= 4 is 0 Å². The Morgan fingerprint density at radius 2 is 1.67 bits per heavy atom. The number of benzene rings is 1. The Morgan fingerprint density at radius 3 is 2.17 bits per heavy atom. The van der Waals surface area contributed by atoms with Gasteiger partial charge in [-0.15, -0.1) is 0 Å². The van der Waals surface area contributed by atoms with Gasteiger partial charge < -0.3 is 10.4 Å². The van der Waals surface area contributed by atoms with Crippen LogP contribution in [0.5, 0.6) is 0 Å². The molecule has 0 aliphatic rings. The van der Waals surface area contributed by atoms with Crippen molar-refractivity contribution in [2.24, 2.45) is 11.8 Å². The highest BCUT2D eigenvalue weighted by Gasteiger charge is 2.29. The molecular weight excluding hydrogens is 222 g/mol. The molecule has 2 N–H and O–H groups in total. The molecule has 0 aromatic heterocycles. The third kappa shape index (κ3) is 4.79. The Morgan fingerprint density at radius 1 is 1.06 bits per heavy atom. The third-order valence-corrected chi connectivity index (χ3v) is 3.03. The van der Waals surface area contributed by atoms with Crippen LogP contribution in [0.1, 0.15) is 39.7 Å². The fraction of sp³-hybridized carbons (Fsp3) is 0.625.